The average molecular weight is 368 g/mol. The second-order valence-electron chi connectivity index (χ2n) is 6.19. The maximum absolute atomic E-state index is 10.7. The number of hydrogen-bond acceptors (Lipinski definition) is 5. The number of aliphatic hydroxyl groups is 2. The summed E-state index contributed by atoms with van der Waals surface area (Å²) >= 11 is 1.56. The van der Waals surface area contributed by atoms with E-state index in [1.807, 2.05) is 30.3 Å². The Balaban J connectivity index is 1.61. The first-order valence-corrected chi connectivity index (χ1v) is 9.47. The zero-order valence-corrected chi connectivity index (χ0v) is 14.9. The number of thioether (sulfide) groups is 1. The third kappa shape index (κ3) is 3.33. The second kappa shape index (κ2) is 7.49. The molecule has 7 heteroatoms. The van der Waals surface area contributed by atoms with Gasteiger partial charge in [-0.3, -0.25) is 0 Å². The highest BCUT2D eigenvalue weighted by Gasteiger charge is 2.30. The maximum Gasteiger partial charge on any atom is 0.176 e. The molecule has 0 spiro atoms. The number of rotatable bonds is 5. The summed E-state index contributed by atoms with van der Waals surface area (Å²) in [5, 5.41) is 22.0. The number of fused-ring (bicyclic) bond motifs is 1. The van der Waals surface area contributed by atoms with Crippen LogP contribution in [0, 0.1) is 0 Å². The predicted octanol–water partition coefficient (Wildman–Crippen LogP) is 2.52. The number of amidine groups is 1. The largest absolute Gasteiger partial charge is 0.394 e. The summed E-state index contributed by atoms with van der Waals surface area (Å²) in [5.74, 6) is 0.754. The minimum Gasteiger partial charge on any atom is -0.394 e. The zero-order chi connectivity index (χ0) is 17.9. The number of aliphatic hydroxyl groups excluding tert-OH is 2. The lowest BCUT2D eigenvalue weighted by atomic mass is 10.2. The van der Waals surface area contributed by atoms with Crippen LogP contribution in [0.2, 0.25) is 0 Å². The number of H-pyrrole nitrogens is 1. The predicted molar refractivity (Wildman–Crippen MR) is 104 cm³/mol. The van der Waals surface area contributed by atoms with E-state index in [2.05, 4.69) is 32.0 Å². The van der Waals surface area contributed by atoms with Crippen molar-refractivity contribution in [2.24, 2.45) is 4.99 Å². The number of pyridine rings is 1. The lowest BCUT2D eigenvalue weighted by molar-refractivity contribution is 0.178. The fourth-order valence-electron chi connectivity index (χ4n) is 3.10. The topological polar surface area (TPSA) is 84.7 Å². The molecule has 0 radical (unpaired) electrons. The summed E-state index contributed by atoms with van der Waals surface area (Å²) in [6.45, 7) is 0.714. The SMILES string of the molecule is OCC1CSC(=NC(O)c2c[nH]c3ncccc23)N1Cc1ccccc1. The molecule has 1 aromatic carbocycles. The number of aromatic nitrogens is 2. The third-order valence-corrected chi connectivity index (χ3v) is 5.64. The highest BCUT2D eigenvalue weighted by molar-refractivity contribution is 8.14. The Bertz CT molecular complexity index is 912. The van der Waals surface area contributed by atoms with Crippen molar-refractivity contribution in [1.29, 1.82) is 0 Å². The molecule has 1 saturated heterocycles. The van der Waals surface area contributed by atoms with Gasteiger partial charge in [-0.05, 0) is 17.7 Å². The number of nitrogens with zero attached hydrogens (tertiary/aromatic N) is 3. The standard InChI is InChI=1S/C19H20N4O2S/c24-11-14-12-26-19(23(14)10-13-5-2-1-3-6-13)22-18(25)16-9-21-17-15(16)7-4-8-20-17/h1-9,14,18,24-25H,10-12H2,(H,20,21). The molecular weight excluding hydrogens is 348 g/mol. The molecule has 1 fully saturated rings. The van der Waals surface area contributed by atoms with E-state index in [1.165, 1.54) is 0 Å². The van der Waals surface area contributed by atoms with E-state index < -0.39 is 6.23 Å². The van der Waals surface area contributed by atoms with E-state index in [4.69, 9.17) is 0 Å². The van der Waals surface area contributed by atoms with Gasteiger partial charge in [0.2, 0.25) is 0 Å². The van der Waals surface area contributed by atoms with Crippen LogP contribution in [-0.4, -0.2) is 48.7 Å². The molecule has 0 saturated carbocycles. The van der Waals surface area contributed by atoms with Crippen molar-refractivity contribution in [3.05, 3.63) is 66.0 Å². The van der Waals surface area contributed by atoms with Crippen LogP contribution in [0.4, 0.5) is 0 Å². The van der Waals surface area contributed by atoms with Crippen LogP contribution < -0.4 is 0 Å². The fraction of sp³-hybridized carbons (Fsp3) is 0.263. The Kier molecular flexibility index (Phi) is 4.92. The number of benzene rings is 1. The molecular formula is C19H20N4O2S. The molecule has 3 N–H and O–H groups in total. The quantitative estimate of drug-likeness (QED) is 0.644. The molecule has 134 valence electrons. The summed E-state index contributed by atoms with van der Waals surface area (Å²) in [6.07, 6.45) is 2.48. The van der Waals surface area contributed by atoms with Crippen LogP contribution in [0.3, 0.4) is 0 Å². The molecule has 2 unspecified atom stereocenters. The Labute approximate surface area is 155 Å². The van der Waals surface area contributed by atoms with E-state index in [0.29, 0.717) is 12.1 Å². The lowest BCUT2D eigenvalue weighted by Crippen LogP contribution is -2.36. The van der Waals surface area contributed by atoms with Crippen LogP contribution >= 0.6 is 11.8 Å². The van der Waals surface area contributed by atoms with Crippen LogP contribution in [0.1, 0.15) is 17.4 Å². The molecule has 2 atom stereocenters. The van der Waals surface area contributed by atoms with E-state index in [0.717, 1.165) is 27.5 Å². The minimum absolute atomic E-state index is 0.00390. The second-order valence-corrected chi connectivity index (χ2v) is 7.18. The lowest BCUT2D eigenvalue weighted by Gasteiger charge is -2.25. The van der Waals surface area contributed by atoms with Crippen molar-refractivity contribution in [3.8, 4) is 0 Å². The van der Waals surface area contributed by atoms with Gasteiger partial charge in [0.1, 0.15) is 5.65 Å². The zero-order valence-electron chi connectivity index (χ0n) is 14.1. The molecule has 2 aromatic heterocycles. The number of nitrogens with one attached hydrogen (secondary N) is 1. The highest BCUT2D eigenvalue weighted by atomic mass is 32.2. The van der Waals surface area contributed by atoms with E-state index in [1.54, 1.807) is 24.2 Å². The molecule has 3 heterocycles. The van der Waals surface area contributed by atoms with Crippen molar-refractivity contribution >= 4 is 28.0 Å². The average Bonchev–Trinajstić information content (AvgIpc) is 3.27. The van der Waals surface area contributed by atoms with Crippen molar-refractivity contribution in [2.45, 2.75) is 18.8 Å². The monoisotopic (exact) mass is 368 g/mol. The Morgan fingerprint density at radius 2 is 2.12 bits per heavy atom. The molecule has 1 aliphatic rings. The van der Waals surface area contributed by atoms with E-state index in [-0.39, 0.29) is 12.6 Å². The Morgan fingerprint density at radius 3 is 2.92 bits per heavy atom. The minimum atomic E-state index is -0.980. The normalized spacial score (nSPS) is 20.2. The van der Waals surface area contributed by atoms with Gasteiger partial charge in [-0.25, -0.2) is 9.98 Å². The first-order chi connectivity index (χ1) is 12.8. The van der Waals surface area contributed by atoms with Crippen molar-refractivity contribution in [1.82, 2.24) is 14.9 Å². The molecule has 0 bridgehead atoms. The van der Waals surface area contributed by atoms with Gasteiger partial charge in [-0.1, -0.05) is 42.1 Å². The van der Waals surface area contributed by atoms with Gasteiger partial charge in [-0.15, -0.1) is 0 Å². The highest BCUT2D eigenvalue weighted by Crippen LogP contribution is 2.30. The number of aromatic amines is 1. The van der Waals surface area contributed by atoms with Crippen LogP contribution in [0.5, 0.6) is 0 Å². The van der Waals surface area contributed by atoms with Gasteiger partial charge in [0.25, 0.3) is 0 Å². The molecule has 0 amide bonds. The van der Waals surface area contributed by atoms with Gasteiger partial charge < -0.3 is 20.1 Å². The Morgan fingerprint density at radius 1 is 1.27 bits per heavy atom. The fourth-order valence-corrected chi connectivity index (χ4v) is 4.28. The summed E-state index contributed by atoms with van der Waals surface area (Å²) in [5.41, 5.74) is 2.58. The van der Waals surface area contributed by atoms with Gasteiger partial charge in [0.05, 0.1) is 12.6 Å². The number of aliphatic imine (C=N–C) groups is 1. The van der Waals surface area contributed by atoms with Crippen molar-refractivity contribution in [3.63, 3.8) is 0 Å². The Hall–Kier alpha value is -2.35. The van der Waals surface area contributed by atoms with E-state index >= 15 is 0 Å². The van der Waals surface area contributed by atoms with Crippen LogP contribution in [0.25, 0.3) is 11.0 Å². The van der Waals surface area contributed by atoms with E-state index in [9.17, 15) is 10.2 Å². The number of hydrogen-bond donors (Lipinski definition) is 3. The van der Waals surface area contributed by atoms with Crippen LogP contribution in [-0.2, 0) is 6.54 Å². The first-order valence-electron chi connectivity index (χ1n) is 8.48. The summed E-state index contributed by atoms with van der Waals surface area (Å²) in [6, 6.07) is 13.8. The van der Waals surface area contributed by atoms with Crippen molar-refractivity contribution in [2.75, 3.05) is 12.4 Å². The first kappa shape index (κ1) is 17.1. The molecule has 3 aromatic rings. The van der Waals surface area contributed by atoms with Crippen LogP contribution in [0.15, 0.2) is 59.9 Å². The van der Waals surface area contributed by atoms with Crippen molar-refractivity contribution < 1.29 is 10.2 Å². The molecule has 6 nitrogen and oxygen atoms in total. The van der Waals surface area contributed by atoms with Gasteiger partial charge >= 0.3 is 0 Å². The molecule has 0 aliphatic carbocycles. The molecule has 26 heavy (non-hydrogen) atoms. The molecule has 1 aliphatic heterocycles. The van der Waals surface area contributed by atoms with Gasteiger partial charge in [0.15, 0.2) is 11.4 Å². The maximum atomic E-state index is 10.7. The summed E-state index contributed by atoms with van der Waals surface area (Å²) in [7, 11) is 0. The third-order valence-electron chi connectivity index (χ3n) is 4.49. The van der Waals surface area contributed by atoms with Gasteiger partial charge in [-0.2, -0.15) is 0 Å². The van der Waals surface area contributed by atoms with Gasteiger partial charge in [0, 0.05) is 35.6 Å². The smallest absolute Gasteiger partial charge is 0.176 e. The summed E-state index contributed by atoms with van der Waals surface area (Å²) in [4.78, 5) is 13.9. The molecule has 4 rings (SSSR count). The summed E-state index contributed by atoms with van der Waals surface area (Å²) < 4.78 is 0.